The van der Waals surface area contributed by atoms with Gasteiger partial charge in [-0.25, -0.2) is 8.78 Å². The van der Waals surface area contributed by atoms with Crippen molar-refractivity contribution in [1.82, 2.24) is 4.90 Å². The van der Waals surface area contributed by atoms with Gasteiger partial charge in [-0.3, -0.25) is 9.69 Å². The molecule has 1 N–H and O–H groups in total. The molecule has 1 amide bonds. The first-order valence-electron chi connectivity index (χ1n) is 7.81. The van der Waals surface area contributed by atoms with E-state index in [9.17, 15) is 26.7 Å². The molecule has 2 aromatic rings. The molecule has 1 atom stereocenters. The topological polar surface area (TPSA) is 32.3 Å². The SMILES string of the molecule is CC(C(=O)Nc1ccc(Cl)cc1C(F)(F)F)N(C)Cc1ccc(F)cc1F. The minimum Gasteiger partial charge on any atom is -0.324 e. The van der Waals surface area contributed by atoms with E-state index < -0.39 is 41.0 Å². The van der Waals surface area contributed by atoms with E-state index >= 15 is 0 Å². The molecule has 0 radical (unpaired) electrons. The lowest BCUT2D eigenvalue weighted by atomic mass is 10.1. The highest BCUT2D eigenvalue weighted by Gasteiger charge is 2.34. The average molecular weight is 407 g/mol. The Morgan fingerprint density at radius 1 is 1.19 bits per heavy atom. The molecule has 0 spiro atoms. The lowest BCUT2D eigenvalue weighted by Crippen LogP contribution is -2.39. The van der Waals surface area contributed by atoms with Crippen LogP contribution in [0.3, 0.4) is 0 Å². The maximum Gasteiger partial charge on any atom is 0.418 e. The number of hydrogen-bond donors (Lipinski definition) is 1. The van der Waals surface area contributed by atoms with Crippen LogP contribution in [0, 0.1) is 11.6 Å². The Balaban J connectivity index is 2.13. The van der Waals surface area contributed by atoms with E-state index in [1.54, 1.807) is 0 Å². The first-order chi connectivity index (χ1) is 12.5. The Kier molecular flexibility index (Phi) is 6.43. The van der Waals surface area contributed by atoms with Crippen LogP contribution in [-0.4, -0.2) is 23.9 Å². The number of alkyl halides is 3. The summed E-state index contributed by atoms with van der Waals surface area (Å²) in [4.78, 5) is 13.8. The second-order valence-corrected chi connectivity index (χ2v) is 6.44. The molecule has 0 aliphatic heterocycles. The van der Waals surface area contributed by atoms with Crippen molar-refractivity contribution in [3.05, 3.63) is 64.2 Å². The van der Waals surface area contributed by atoms with E-state index in [0.29, 0.717) is 0 Å². The van der Waals surface area contributed by atoms with Crippen LogP contribution in [0.1, 0.15) is 18.1 Å². The molecule has 0 aliphatic rings. The quantitative estimate of drug-likeness (QED) is 0.701. The van der Waals surface area contributed by atoms with Gasteiger partial charge in [-0.05, 0) is 38.2 Å². The van der Waals surface area contributed by atoms with Crippen LogP contribution >= 0.6 is 11.6 Å². The maximum absolute atomic E-state index is 13.7. The molecule has 1 unspecified atom stereocenters. The second-order valence-electron chi connectivity index (χ2n) is 6.00. The number of anilines is 1. The molecule has 27 heavy (non-hydrogen) atoms. The van der Waals surface area contributed by atoms with Gasteiger partial charge in [-0.2, -0.15) is 13.2 Å². The van der Waals surface area contributed by atoms with Gasteiger partial charge in [0.25, 0.3) is 0 Å². The predicted octanol–water partition coefficient (Wildman–Crippen LogP) is 5.10. The fraction of sp³-hybridized carbons (Fsp3) is 0.278. The van der Waals surface area contributed by atoms with Crippen molar-refractivity contribution in [3.63, 3.8) is 0 Å². The number of benzene rings is 2. The van der Waals surface area contributed by atoms with Gasteiger partial charge < -0.3 is 5.32 Å². The van der Waals surface area contributed by atoms with Crippen LogP contribution in [-0.2, 0) is 17.5 Å². The Hall–Kier alpha value is -2.19. The summed E-state index contributed by atoms with van der Waals surface area (Å²) in [6.07, 6.45) is -4.69. The van der Waals surface area contributed by atoms with Crippen LogP contribution in [0.2, 0.25) is 5.02 Å². The van der Waals surface area contributed by atoms with E-state index in [2.05, 4.69) is 5.32 Å². The van der Waals surface area contributed by atoms with Crippen molar-refractivity contribution in [3.8, 4) is 0 Å². The van der Waals surface area contributed by atoms with Gasteiger partial charge in [0.15, 0.2) is 0 Å². The number of carbonyl (C=O) groups is 1. The number of carbonyl (C=O) groups excluding carboxylic acids is 1. The molecule has 2 aromatic carbocycles. The van der Waals surface area contributed by atoms with E-state index in [1.165, 1.54) is 31.0 Å². The molecule has 9 heteroatoms. The van der Waals surface area contributed by atoms with Crippen LogP contribution in [0.5, 0.6) is 0 Å². The highest BCUT2D eigenvalue weighted by molar-refractivity contribution is 6.30. The predicted molar refractivity (Wildman–Crippen MR) is 92.4 cm³/mol. The zero-order valence-corrected chi connectivity index (χ0v) is 15.1. The summed E-state index contributed by atoms with van der Waals surface area (Å²) in [5, 5.41) is 2.11. The van der Waals surface area contributed by atoms with Crippen molar-refractivity contribution >= 4 is 23.2 Å². The Bertz CT molecular complexity index is 841. The normalized spacial score (nSPS) is 12.9. The number of hydrogen-bond acceptors (Lipinski definition) is 2. The number of rotatable bonds is 5. The van der Waals surface area contributed by atoms with Crippen molar-refractivity contribution < 1.29 is 26.7 Å². The van der Waals surface area contributed by atoms with Crippen molar-refractivity contribution in [1.29, 1.82) is 0 Å². The van der Waals surface area contributed by atoms with Gasteiger partial charge in [0, 0.05) is 23.2 Å². The van der Waals surface area contributed by atoms with Crippen LogP contribution in [0.25, 0.3) is 0 Å². The third-order valence-corrected chi connectivity index (χ3v) is 4.26. The molecule has 3 nitrogen and oxygen atoms in total. The van der Waals surface area contributed by atoms with Crippen molar-refractivity contribution in [2.75, 3.05) is 12.4 Å². The van der Waals surface area contributed by atoms with Gasteiger partial charge in [0.05, 0.1) is 17.3 Å². The molecule has 0 heterocycles. The first-order valence-corrected chi connectivity index (χ1v) is 8.18. The third kappa shape index (κ3) is 5.40. The number of likely N-dealkylation sites (N-methyl/N-ethyl adjacent to an activating group) is 1. The molecule has 0 aromatic heterocycles. The third-order valence-electron chi connectivity index (χ3n) is 4.02. The maximum atomic E-state index is 13.7. The molecule has 0 aliphatic carbocycles. The highest BCUT2D eigenvalue weighted by Crippen LogP contribution is 2.36. The fourth-order valence-electron chi connectivity index (χ4n) is 2.35. The Morgan fingerprint density at radius 2 is 1.85 bits per heavy atom. The van der Waals surface area contributed by atoms with E-state index in [0.717, 1.165) is 24.3 Å². The lowest BCUT2D eigenvalue weighted by Gasteiger charge is -2.25. The average Bonchev–Trinajstić information content (AvgIpc) is 2.57. The van der Waals surface area contributed by atoms with E-state index in [-0.39, 0.29) is 17.1 Å². The number of nitrogens with zero attached hydrogens (tertiary/aromatic N) is 1. The Morgan fingerprint density at radius 3 is 2.44 bits per heavy atom. The van der Waals surface area contributed by atoms with Gasteiger partial charge in [0.2, 0.25) is 5.91 Å². The molecule has 0 saturated carbocycles. The minimum atomic E-state index is -4.69. The van der Waals surface area contributed by atoms with Crippen LogP contribution in [0.15, 0.2) is 36.4 Å². The number of amides is 1. The summed E-state index contributed by atoms with van der Waals surface area (Å²) in [7, 11) is 1.50. The summed E-state index contributed by atoms with van der Waals surface area (Å²) in [6.45, 7) is 1.42. The molecule has 0 saturated heterocycles. The summed E-state index contributed by atoms with van der Waals surface area (Å²) in [5.41, 5.74) is -1.34. The minimum absolute atomic E-state index is 0.0343. The van der Waals surface area contributed by atoms with Gasteiger partial charge in [0.1, 0.15) is 11.6 Å². The second kappa shape index (κ2) is 8.22. The standard InChI is InChI=1S/C18H16ClF5N2O/c1-10(26(2)9-11-3-5-13(20)8-15(11)21)17(27)25-16-6-4-12(19)7-14(16)18(22,23)24/h3-8,10H,9H2,1-2H3,(H,25,27). The smallest absolute Gasteiger partial charge is 0.324 e. The number of halogens is 6. The largest absolute Gasteiger partial charge is 0.418 e. The van der Waals surface area contributed by atoms with Crippen molar-refractivity contribution in [2.24, 2.45) is 0 Å². The molecule has 0 bridgehead atoms. The zero-order chi connectivity index (χ0) is 20.4. The number of nitrogens with one attached hydrogen (secondary N) is 1. The van der Waals surface area contributed by atoms with Gasteiger partial charge in [-0.15, -0.1) is 0 Å². The monoisotopic (exact) mass is 406 g/mol. The Labute approximate surface area is 157 Å². The summed E-state index contributed by atoms with van der Waals surface area (Å²) in [6, 6.07) is 5.18. The summed E-state index contributed by atoms with van der Waals surface area (Å²) >= 11 is 5.61. The summed E-state index contributed by atoms with van der Waals surface area (Å²) < 4.78 is 66.0. The lowest BCUT2D eigenvalue weighted by molar-refractivity contribution is -0.137. The first kappa shape index (κ1) is 21.1. The molecule has 0 fully saturated rings. The molecule has 146 valence electrons. The highest BCUT2D eigenvalue weighted by atomic mass is 35.5. The molecular weight excluding hydrogens is 391 g/mol. The van der Waals surface area contributed by atoms with Gasteiger partial charge in [-0.1, -0.05) is 17.7 Å². The zero-order valence-electron chi connectivity index (χ0n) is 14.4. The molecular formula is C18H16ClF5N2O. The van der Waals surface area contributed by atoms with Crippen molar-refractivity contribution in [2.45, 2.75) is 25.7 Å². The molecule has 2 rings (SSSR count). The fourth-order valence-corrected chi connectivity index (χ4v) is 2.52. The van der Waals surface area contributed by atoms with E-state index in [1.807, 2.05) is 0 Å². The van der Waals surface area contributed by atoms with E-state index in [4.69, 9.17) is 11.6 Å². The van der Waals surface area contributed by atoms with Crippen LogP contribution in [0.4, 0.5) is 27.6 Å². The van der Waals surface area contributed by atoms with Crippen LogP contribution < -0.4 is 5.32 Å². The summed E-state index contributed by atoms with van der Waals surface area (Å²) in [5.74, 6) is -2.22. The van der Waals surface area contributed by atoms with Gasteiger partial charge >= 0.3 is 6.18 Å².